The van der Waals surface area contributed by atoms with Crippen LogP contribution < -0.4 is 0 Å². The molecule has 0 unspecified atom stereocenters. The fourth-order valence-electron chi connectivity index (χ4n) is 1.93. The first-order valence-corrected chi connectivity index (χ1v) is 6.14. The molecule has 0 bridgehead atoms. The zero-order valence-corrected chi connectivity index (χ0v) is 10.7. The number of phenolic OH excluding ortho intramolecular Hbond substituents is 1. The van der Waals surface area contributed by atoms with Crippen LogP contribution in [0.4, 0.5) is 0 Å². The highest BCUT2D eigenvalue weighted by Gasteiger charge is 2.09. The van der Waals surface area contributed by atoms with Crippen molar-refractivity contribution in [2.75, 3.05) is 0 Å². The van der Waals surface area contributed by atoms with Gasteiger partial charge in [0, 0.05) is 5.56 Å². The molecule has 0 saturated heterocycles. The Balaban J connectivity index is 2.09. The molecule has 2 rings (SSSR count). The highest BCUT2D eigenvalue weighted by molar-refractivity contribution is 5.87. The molecule has 0 aromatic heterocycles. The largest absolute Gasteiger partial charge is 0.508 e. The number of hydrogen-bond donors (Lipinski definition) is 2. The maximum Gasteiger partial charge on any atom is 0.306 e. The predicted octanol–water partition coefficient (Wildman–Crippen LogP) is 2.45. The molecule has 2 N–H and O–H groups in total. The molecule has 0 atom stereocenters. The first-order chi connectivity index (χ1) is 9.56. The number of benzene rings is 2. The average Bonchev–Trinajstić information content (AvgIpc) is 2.42. The highest BCUT2D eigenvalue weighted by atomic mass is 16.5. The van der Waals surface area contributed by atoms with Crippen LogP contribution >= 0.6 is 0 Å². The van der Waals surface area contributed by atoms with Crippen LogP contribution in [0.3, 0.4) is 0 Å². The van der Waals surface area contributed by atoms with Crippen LogP contribution in [0.5, 0.6) is 5.75 Å². The van der Waals surface area contributed by atoms with Crippen LogP contribution in [0.15, 0.2) is 36.4 Å². The van der Waals surface area contributed by atoms with E-state index in [1.54, 1.807) is 6.07 Å². The van der Waals surface area contributed by atoms with Crippen molar-refractivity contribution in [1.82, 2.24) is 0 Å². The van der Waals surface area contributed by atoms with Gasteiger partial charge in [-0.25, -0.2) is 0 Å². The molecule has 0 aliphatic heterocycles. The van der Waals surface area contributed by atoms with Gasteiger partial charge in [0.1, 0.15) is 12.4 Å². The molecule has 0 aliphatic carbocycles. The van der Waals surface area contributed by atoms with Crippen molar-refractivity contribution in [3.8, 4) is 5.75 Å². The second kappa shape index (κ2) is 6.06. The predicted molar refractivity (Wildman–Crippen MR) is 72.3 cm³/mol. The Morgan fingerprint density at radius 1 is 1.10 bits per heavy atom. The number of aliphatic carboxylic acids is 1. The van der Waals surface area contributed by atoms with Gasteiger partial charge in [0.2, 0.25) is 0 Å². The highest BCUT2D eigenvalue weighted by Crippen LogP contribution is 2.25. The Hall–Kier alpha value is -2.56. The molecule has 0 amide bonds. The first kappa shape index (κ1) is 13.9. The lowest BCUT2D eigenvalue weighted by Crippen LogP contribution is -2.07. The SMILES string of the molecule is O=C(O)CCC(=O)OCc1cc(O)cc2ccccc12. The lowest BCUT2D eigenvalue weighted by molar-refractivity contribution is -0.148. The molecule has 0 radical (unpaired) electrons. The van der Waals surface area contributed by atoms with E-state index in [9.17, 15) is 14.7 Å². The van der Waals surface area contributed by atoms with Crippen LogP contribution in [0.2, 0.25) is 0 Å². The standard InChI is InChI=1S/C15H14O5/c16-12-7-10-3-1-2-4-13(10)11(8-12)9-20-15(19)6-5-14(17)18/h1-4,7-8,16H,5-6,9H2,(H,17,18). The van der Waals surface area contributed by atoms with E-state index in [1.807, 2.05) is 24.3 Å². The number of phenols is 1. The summed E-state index contributed by atoms with van der Waals surface area (Å²) in [5, 5.41) is 19.9. The molecule has 104 valence electrons. The average molecular weight is 274 g/mol. The van der Waals surface area contributed by atoms with Gasteiger partial charge in [-0.15, -0.1) is 0 Å². The first-order valence-electron chi connectivity index (χ1n) is 6.14. The van der Waals surface area contributed by atoms with Crippen LogP contribution in [0.25, 0.3) is 10.8 Å². The van der Waals surface area contributed by atoms with Crippen molar-refractivity contribution in [3.63, 3.8) is 0 Å². The number of rotatable bonds is 5. The number of carbonyl (C=O) groups is 2. The van der Waals surface area contributed by atoms with Crippen molar-refractivity contribution < 1.29 is 24.5 Å². The molecule has 5 nitrogen and oxygen atoms in total. The van der Waals surface area contributed by atoms with Crippen LogP contribution in [-0.2, 0) is 20.9 Å². The van der Waals surface area contributed by atoms with Gasteiger partial charge in [-0.3, -0.25) is 9.59 Å². The fourth-order valence-corrected chi connectivity index (χ4v) is 1.93. The zero-order valence-electron chi connectivity index (χ0n) is 10.7. The second-order valence-electron chi connectivity index (χ2n) is 4.38. The van der Waals surface area contributed by atoms with E-state index in [1.165, 1.54) is 6.07 Å². The van der Waals surface area contributed by atoms with E-state index < -0.39 is 11.9 Å². The number of ether oxygens (including phenoxy) is 1. The number of aromatic hydroxyl groups is 1. The molecule has 20 heavy (non-hydrogen) atoms. The third-order valence-corrected chi connectivity index (χ3v) is 2.86. The lowest BCUT2D eigenvalue weighted by atomic mass is 10.0. The zero-order chi connectivity index (χ0) is 14.5. The van der Waals surface area contributed by atoms with Gasteiger partial charge in [0.15, 0.2) is 0 Å². The van der Waals surface area contributed by atoms with Gasteiger partial charge in [-0.2, -0.15) is 0 Å². The van der Waals surface area contributed by atoms with E-state index in [0.29, 0.717) is 5.56 Å². The Morgan fingerprint density at radius 3 is 2.60 bits per heavy atom. The Morgan fingerprint density at radius 2 is 1.85 bits per heavy atom. The van der Waals surface area contributed by atoms with E-state index in [-0.39, 0.29) is 25.2 Å². The molecule has 0 saturated carbocycles. The number of carboxylic acid groups (broad SMARTS) is 1. The summed E-state index contributed by atoms with van der Waals surface area (Å²) in [6.45, 7) is 0.00731. The van der Waals surface area contributed by atoms with Crippen molar-refractivity contribution in [1.29, 1.82) is 0 Å². The molecule has 5 heteroatoms. The summed E-state index contributed by atoms with van der Waals surface area (Å²) in [6, 6.07) is 10.6. The number of carboxylic acids is 1. The van der Waals surface area contributed by atoms with Crippen molar-refractivity contribution >= 4 is 22.7 Å². The maximum absolute atomic E-state index is 11.4. The van der Waals surface area contributed by atoms with Crippen molar-refractivity contribution in [2.24, 2.45) is 0 Å². The minimum absolute atomic E-state index is 0.00731. The fraction of sp³-hybridized carbons (Fsp3) is 0.200. The number of carbonyl (C=O) groups excluding carboxylic acids is 1. The summed E-state index contributed by atoms with van der Waals surface area (Å²) in [5.41, 5.74) is 0.685. The van der Waals surface area contributed by atoms with E-state index >= 15 is 0 Å². The molecule has 2 aromatic carbocycles. The van der Waals surface area contributed by atoms with Gasteiger partial charge < -0.3 is 14.9 Å². The summed E-state index contributed by atoms with van der Waals surface area (Å²) >= 11 is 0. The van der Waals surface area contributed by atoms with Crippen molar-refractivity contribution in [2.45, 2.75) is 19.4 Å². The van der Waals surface area contributed by atoms with Crippen LogP contribution in [0.1, 0.15) is 18.4 Å². The Bertz CT molecular complexity index is 648. The van der Waals surface area contributed by atoms with E-state index in [4.69, 9.17) is 9.84 Å². The summed E-state index contributed by atoms with van der Waals surface area (Å²) in [4.78, 5) is 21.8. The summed E-state index contributed by atoms with van der Waals surface area (Å²) in [5.74, 6) is -1.51. The molecule has 0 heterocycles. The van der Waals surface area contributed by atoms with Gasteiger partial charge in [-0.1, -0.05) is 24.3 Å². The lowest BCUT2D eigenvalue weighted by Gasteiger charge is -2.08. The van der Waals surface area contributed by atoms with Crippen LogP contribution in [-0.4, -0.2) is 22.2 Å². The van der Waals surface area contributed by atoms with Crippen LogP contribution in [0, 0.1) is 0 Å². The third-order valence-electron chi connectivity index (χ3n) is 2.86. The summed E-state index contributed by atoms with van der Waals surface area (Å²) in [6.07, 6.45) is -0.411. The molecule has 2 aromatic rings. The van der Waals surface area contributed by atoms with E-state index in [0.717, 1.165) is 10.8 Å². The smallest absolute Gasteiger partial charge is 0.306 e. The monoisotopic (exact) mass is 274 g/mol. The van der Waals surface area contributed by atoms with Crippen molar-refractivity contribution in [3.05, 3.63) is 42.0 Å². The van der Waals surface area contributed by atoms with E-state index in [2.05, 4.69) is 0 Å². The van der Waals surface area contributed by atoms with Gasteiger partial charge in [0.05, 0.1) is 12.8 Å². The normalized spacial score (nSPS) is 10.4. The maximum atomic E-state index is 11.4. The minimum Gasteiger partial charge on any atom is -0.508 e. The molecule has 0 spiro atoms. The topological polar surface area (TPSA) is 83.8 Å². The summed E-state index contributed by atoms with van der Waals surface area (Å²) < 4.78 is 5.03. The number of esters is 1. The van der Waals surface area contributed by atoms with Gasteiger partial charge in [-0.05, 0) is 22.9 Å². The Labute approximate surface area is 115 Å². The minimum atomic E-state index is -1.04. The summed E-state index contributed by atoms with van der Waals surface area (Å²) in [7, 11) is 0. The quantitative estimate of drug-likeness (QED) is 0.818. The second-order valence-corrected chi connectivity index (χ2v) is 4.38. The molecular weight excluding hydrogens is 260 g/mol. The third kappa shape index (κ3) is 3.47. The number of fused-ring (bicyclic) bond motifs is 1. The molecular formula is C15H14O5. The molecule has 0 aliphatic rings. The van der Waals surface area contributed by atoms with Gasteiger partial charge >= 0.3 is 11.9 Å². The van der Waals surface area contributed by atoms with Gasteiger partial charge in [0.25, 0.3) is 0 Å². The molecule has 0 fully saturated rings. The number of hydrogen-bond acceptors (Lipinski definition) is 4. The Kier molecular flexibility index (Phi) is 4.20.